The van der Waals surface area contributed by atoms with Gasteiger partial charge in [0.25, 0.3) is 0 Å². The van der Waals surface area contributed by atoms with Crippen LogP contribution < -0.4 is 0 Å². The predicted molar refractivity (Wildman–Crippen MR) is 122 cm³/mol. The molecule has 3 spiro atoms. The van der Waals surface area contributed by atoms with Crippen molar-refractivity contribution < 1.29 is 48.0 Å². The van der Waals surface area contributed by atoms with Crippen LogP contribution in [-0.4, -0.2) is 75.6 Å². The number of carbonyl (C=O) groups is 4. The summed E-state index contributed by atoms with van der Waals surface area (Å²) in [5, 5.41) is 12.4. The molecule has 6 aliphatic heterocycles. The monoisotopic (exact) mass is 526 g/mol. The van der Waals surface area contributed by atoms with E-state index in [4.69, 9.17) is 23.7 Å². The Balaban J connectivity index is 1.34. The smallest absolute Gasteiger partial charge is 0.342 e. The van der Waals surface area contributed by atoms with Gasteiger partial charge in [-0.15, -0.1) is 0 Å². The summed E-state index contributed by atoms with van der Waals surface area (Å²) >= 11 is 0. The first-order valence-electron chi connectivity index (χ1n) is 13.8. The van der Waals surface area contributed by atoms with Gasteiger partial charge in [0, 0.05) is 5.92 Å². The maximum atomic E-state index is 14.9. The maximum absolute atomic E-state index is 14.9. The molecular weight excluding hydrogens is 496 g/mol. The van der Waals surface area contributed by atoms with Crippen molar-refractivity contribution in [3.8, 4) is 0 Å². The van der Waals surface area contributed by atoms with Crippen LogP contribution in [0.3, 0.4) is 0 Å². The lowest BCUT2D eigenvalue weighted by molar-refractivity contribution is -0.375. The highest BCUT2D eigenvalue weighted by Gasteiger charge is 2.94. The van der Waals surface area contributed by atoms with Gasteiger partial charge < -0.3 is 28.8 Å². The number of rotatable bonds is 0. The molecule has 0 radical (unpaired) electrons. The van der Waals surface area contributed by atoms with Gasteiger partial charge in [-0.05, 0) is 63.4 Å². The van der Waals surface area contributed by atoms with Gasteiger partial charge in [0.05, 0.1) is 30.0 Å². The Hall–Kier alpha value is -2.14. The van der Waals surface area contributed by atoms with E-state index in [-0.39, 0.29) is 43.5 Å². The quantitative estimate of drug-likeness (QED) is 0.356. The summed E-state index contributed by atoms with van der Waals surface area (Å²) < 4.78 is 31.5. The summed E-state index contributed by atoms with van der Waals surface area (Å²) in [6.07, 6.45) is 3.82. The summed E-state index contributed by atoms with van der Waals surface area (Å²) in [4.78, 5) is 55.6. The minimum Gasteiger partial charge on any atom is -0.458 e. The summed E-state index contributed by atoms with van der Waals surface area (Å²) in [6.45, 7) is 5.27. The molecule has 202 valence electrons. The van der Waals surface area contributed by atoms with E-state index in [9.17, 15) is 24.3 Å². The Morgan fingerprint density at radius 1 is 1.05 bits per heavy atom. The average Bonchev–Trinajstić information content (AvgIpc) is 3.45. The molecule has 13 atom stereocenters. The first-order valence-corrected chi connectivity index (χ1v) is 13.8. The lowest BCUT2D eigenvalue weighted by Crippen LogP contribution is -2.79. The number of Topliss-reactive ketones (excluding diaryl/α,β-unsaturated/α-hetero) is 1. The zero-order valence-corrected chi connectivity index (χ0v) is 21.5. The van der Waals surface area contributed by atoms with Crippen LogP contribution in [0, 0.1) is 34.5 Å². The normalized spacial score (nSPS) is 64.1. The molecule has 5 bridgehead atoms. The summed E-state index contributed by atoms with van der Waals surface area (Å²) in [5.41, 5.74) is -8.23. The van der Waals surface area contributed by atoms with Crippen molar-refractivity contribution >= 4 is 23.5 Å². The highest BCUT2D eigenvalue weighted by atomic mass is 16.8. The Labute approximate surface area is 218 Å². The number of ketones is 2. The number of ether oxygens (including phenoxy) is 5. The van der Waals surface area contributed by atoms with Crippen molar-refractivity contribution in [2.24, 2.45) is 34.5 Å². The van der Waals surface area contributed by atoms with Gasteiger partial charge in [-0.2, -0.15) is 0 Å². The Morgan fingerprint density at radius 2 is 1.84 bits per heavy atom. The number of epoxide rings is 1. The lowest BCUT2D eigenvalue weighted by Gasteiger charge is -2.63. The number of aliphatic hydroxyl groups is 1. The molecule has 9 aliphatic rings. The van der Waals surface area contributed by atoms with Crippen LogP contribution in [0.4, 0.5) is 0 Å². The molecule has 0 aromatic carbocycles. The van der Waals surface area contributed by atoms with Gasteiger partial charge >= 0.3 is 11.9 Å². The van der Waals surface area contributed by atoms with E-state index in [0.717, 1.165) is 0 Å². The molecule has 10 nitrogen and oxygen atoms in total. The van der Waals surface area contributed by atoms with Gasteiger partial charge in [-0.1, -0.05) is 13.0 Å². The van der Waals surface area contributed by atoms with E-state index in [1.807, 2.05) is 19.9 Å². The fourth-order valence-electron chi connectivity index (χ4n) is 10.9. The van der Waals surface area contributed by atoms with E-state index in [0.29, 0.717) is 12.8 Å². The molecule has 6 heterocycles. The second kappa shape index (κ2) is 5.82. The van der Waals surface area contributed by atoms with E-state index < -0.39 is 80.7 Å². The number of carbonyl (C=O) groups excluding carboxylic acids is 4. The molecule has 2 saturated carbocycles. The van der Waals surface area contributed by atoms with Gasteiger partial charge in [0.1, 0.15) is 11.7 Å². The molecule has 0 amide bonds. The summed E-state index contributed by atoms with van der Waals surface area (Å²) in [6, 6.07) is 0. The third kappa shape index (κ3) is 1.79. The van der Waals surface area contributed by atoms with Crippen LogP contribution in [0.2, 0.25) is 0 Å². The summed E-state index contributed by atoms with van der Waals surface area (Å²) in [7, 11) is 0. The first-order chi connectivity index (χ1) is 17.9. The summed E-state index contributed by atoms with van der Waals surface area (Å²) in [5.74, 6) is -6.56. The predicted octanol–water partition coefficient (Wildman–Crippen LogP) is 0.768. The molecule has 6 saturated heterocycles. The molecule has 3 aliphatic carbocycles. The number of allylic oxidation sites excluding steroid dienone is 1. The van der Waals surface area contributed by atoms with E-state index in [1.54, 1.807) is 13.0 Å². The second-order valence-electron chi connectivity index (χ2n) is 13.8. The topological polar surface area (TPSA) is 138 Å². The second-order valence-corrected chi connectivity index (χ2v) is 13.8. The van der Waals surface area contributed by atoms with Crippen molar-refractivity contribution in [3.63, 3.8) is 0 Å². The zero-order valence-electron chi connectivity index (χ0n) is 21.5. The minimum atomic E-state index is -2.19. The highest BCUT2D eigenvalue weighted by Crippen LogP contribution is 2.77. The van der Waals surface area contributed by atoms with Gasteiger partial charge in [-0.25, -0.2) is 4.79 Å². The van der Waals surface area contributed by atoms with Gasteiger partial charge in [0.2, 0.25) is 5.79 Å². The molecule has 1 N–H and O–H groups in total. The molecule has 0 unspecified atom stereocenters. The van der Waals surface area contributed by atoms with Crippen molar-refractivity contribution in [2.75, 3.05) is 6.61 Å². The Morgan fingerprint density at radius 3 is 2.63 bits per heavy atom. The van der Waals surface area contributed by atoms with Crippen LogP contribution in [0.25, 0.3) is 0 Å². The Kier molecular flexibility index (Phi) is 3.47. The molecule has 8 fully saturated rings. The SMILES string of the molecule is C[C@@]12C[C@H]3OC(=O)[C@@H]1CO[C@@]14O[C@@]5([C@@H]2C1=O)[C@@](O)(CC[C@H]1[C@@H]4C[C@H]2O[C@]24CC=CC(=O)[C@]14C)C(=O)O[C@@]35C. The number of hydrogen-bond acceptors (Lipinski definition) is 10. The lowest BCUT2D eigenvalue weighted by atomic mass is 9.46. The van der Waals surface area contributed by atoms with Crippen LogP contribution in [0.5, 0.6) is 0 Å². The van der Waals surface area contributed by atoms with Crippen molar-refractivity contribution in [1.82, 2.24) is 0 Å². The number of esters is 2. The molecular formula is C28H30O10. The van der Waals surface area contributed by atoms with Crippen molar-refractivity contribution in [1.29, 1.82) is 0 Å². The molecule has 9 rings (SSSR count). The fourth-order valence-corrected chi connectivity index (χ4v) is 10.9. The van der Waals surface area contributed by atoms with Gasteiger partial charge in [0.15, 0.2) is 28.4 Å². The standard InChI is InChI=1S/C28H30O10/c1-22-10-17-24(3)28-18(22)19(30)27(38-28,34-11-14(22)20(31)35-17)13-9-16-26(36-16)7-4-5-15(29)23(26,2)12(13)6-8-25(28,33)21(32)37-24/h4-5,12-14,16-18,33H,6-11H2,1-3H3/t12-,13-,14-,16+,17+,18+,22+,23-,24-,25+,26+,27-,28+/m0/s1. The van der Waals surface area contributed by atoms with E-state index in [2.05, 4.69) is 0 Å². The van der Waals surface area contributed by atoms with Gasteiger partial charge in [-0.3, -0.25) is 14.4 Å². The third-order valence-electron chi connectivity index (χ3n) is 12.9. The fraction of sp³-hybridized carbons (Fsp3) is 0.786. The maximum Gasteiger partial charge on any atom is 0.342 e. The number of fused-ring (bicyclic) bond motifs is 4. The number of hydrogen-bond donors (Lipinski definition) is 1. The zero-order chi connectivity index (χ0) is 26.5. The first kappa shape index (κ1) is 22.7. The molecule has 10 heteroatoms. The van der Waals surface area contributed by atoms with Crippen molar-refractivity contribution in [3.05, 3.63) is 12.2 Å². The van der Waals surface area contributed by atoms with E-state index >= 15 is 0 Å². The van der Waals surface area contributed by atoms with Crippen LogP contribution >= 0.6 is 0 Å². The highest BCUT2D eigenvalue weighted by molar-refractivity contribution is 6.00. The van der Waals surface area contributed by atoms with E-state index in [1.165, 1.54) is 0 Å². The molecule has 0 aromatic rings. The minimum absolute atomic E-state index is 0.0583. The van der Waals surface area contributed by atoms with Crippen LogP contribution in [0.15, 0.2) is 12.2 Å². The molecule has 0 aromatic heterocycles. The molecule has 38 heavy (non-hydrogen) atoms. The largest absolute Gasteiger partial charge is 0.458 e. The van der Waals surface area contributed by atoms with Crippen LogP contribution in [0.1, 0.15) is 52.9 Å². The van der Waals surface area contributed by atoms with Crippen molar-refractivity contribution in [2.45, 2.75) is 93.3 Å². The average molecular weight is 527 g/mol. The Bertz CT molecular complexity index is 1340. The third-order valence-corrected chi connectivity index (χ3v) is 12.9. The van der Waals surface area contributed by atoms with Crippen LogP contribution in [-0.2, 0) is 42.9 Å².